The molecule has 0 aliphatic carbocycles. The van der Waals surface area contributed by atoms with Crippen molar-refractivity contribution in [3.63, 3.8) is 0 Å². The Morgan fingerprint density at radius 1 is 1.17 bits per heavy atom. The summed E-state index contributed by atoms with van der Waals surface area (Å²) in [6.07, 6.45) is 0.390. The van der Waals surface area contributed by atoms with Crippen molar-refractivity contribution in [2.24, 2.45) is 0 Å². The quantitative estimate of drug-likeness (QED) is 0.776. The highest BCUT2D eigenvalue weighted by Gasteiger charge is 2.28. The fourth-order valence-electron chi connectivity index (χ4n) is 2.83. The first-order valence-corrected chi connectivity index (χ1v) is 10.3. The third-order valence-electron chi connectivity index (χ3n) is 4.11. The fraction of sp³-hybridized carbons (Fsp3) is 0.938. The normalized spacial score (nSPS) is 20.4. The molecule has 1 heterocycles. The number of alkyl carbamates (subject to hydrolysis) is 1. The van der Waals surface area contributed by atoms with Crippen LogP contribution in [-0.2, 0) is 14.8 Å². The number of piperazine rings is 1. The Balaban J connectivity index is 2.41. The van der Waals surface area contributed by atoms with Gasteiger partial charge < -0.3 is 10.1 Å². The lowest BCUT2D eigenvalue weighted by atomic mass is 10.1. The van der Waals surface area contributed by atoms with Crippen LogP contribution < -0.4 is 5.32 Å². The summed E-state index contributed by atoms with van der Waals surface area (Å²) in [5.41, 5.74) is -0.503. The summed E-state index contributed by atoms with van der Waals surface area (Å²) in [5, 5.41) is 2.85. The molecule has 0 saturated carbocycles. The maximum Gasteiger partial charge on any atom is 0.407 e. The highest BCUT2D eigenvalue weighted by atomic mass is 32.2. The molecule has 1 N–H and O–H groups in total. The van der Waals surface area contributed by atoms with Gasteiger partial charge in [0.1, 0.15) is 5.60 Å². The third kappa shape index (κ3) is 6.94. The van der Waals surface area contributed by atoms with E-state index in [0.717, 1.165) is 19.5 Å². The zero-order valence-electron chi connectivity index (χ0n) is 15.8. The van der Waals surface area contributed by atoms with Crippen LogP contribution in [0.25, 0.3) is 0 Å². The second-order valence-electron chi connectivity index (χ2n) is 7.47. The number of nitrogens with zero attached hydrogens (tertiary/aromatic N) is 2. The van der Waals surface area contributed by atoms with Crippen LogP contribution in [-0.4, -0.2) is 73.3 Å². The van der Waals surface area contributed by atoms with Crippen molar-refractivity contribution in [1.29, 1.82) is 0 Å². The van der Waals surface area contributed by atoms with Gasteiger partial charge in [-0.25, -0.2) is 13.2 Å². The zero-order valence-corrected chi connectivity index (χ0v) is 16.6. The van der Waals surface area contributed by atoms with Crippen LogP contribution >= 0.6 is 0 Å². The molecule has 1 fully saturated rings. The lowest BCUT2D eigenvalue weighted by Crippen LogP contribution is -2.52. The summed E-state index contributed by atoms with van der Waals surface area (Å²) in [6, 6.07) is 0.258. The van der Waals surface area contributed by atoms with Gasteiger partial charge in [-0.15, -0.1) is 0 Å². The summed E-state index contributed by atoms with van der Waals surface area (Å²) in [6.45, 7) is 13.8. The smallest absolute Gasteiger partial charge is 0.407 e. The number of nitrogens with one attached hydrogen (secondary N) is 1. The first-order chi connectivity index (χ1) is 10.9. The van der Waals surface area contributed by atoms with Crippen LogP contribution in [0.4, 0.5) is 4.79 Å². The molecule has 142 valence electrons. The SMILES string of the molecule is CCS(=O)(=O)N1CCN(C(C)CC(C)NC(=O)OC(C)(C)C)CC1. The molecular formula is C16H33N3O4S. The number of rotatable bonds is 6. The van der Waals surface area contributed by atoms with E-state index in [0.29, 0.717) is 13.1 Å². The Labute approximate surface area is 146 Å². The number of carbonyl (C=O) groups excluding carboxylic acids is 1. The molecule has 7 nitrogen and oxygen atoms in total. The molecule has 0 bridgehead atoms. The maximum atomic E-state index is 11.9. The summed E-state index contributed by atoms with van der Waals surface area (Å²) in [7, 11) is -3.09. The molecule has 1 rings (SSSR count). The minimum atomic E-state index is -3.09. The van der Waals surface area contributed by atoms with Gasteiger partial charge in [-0.05, 0) is 48.0 Å². The molecule has 0 aromatic rings. The molecule has 0 aromatic carbocycles. The monoisotopic (exact) mass is 363 g/mol. The van der Waals surface area contributed by atoms with Crippen LogP contribution in [0.1, 0.15) is 48.0 Å². The van der Waals surface area contributed by atoms with Gasteiger partial charge in [0, 0.05) is 38.3 Å². The fourth-order valence-corrected chi connectivity index (χ4v) is 3.92. The molecular weight excluding hydrogens is 330 g/mol. The van der Waals surface area contributed by atoms with Crippen LogP contribution in [0.15, 0.2) is 0 Å². The minimum Gasteiger partial charge on any atom is -0.444 e. The van der Waals surface area contributed by atoms with Gasteiger partial charge in [-0.1, -0.05) is 0 Å². The Hall–Kier alpha value is -0.860. The Bertz CT molecular complexity index is 508. The molecule has 1 aliphatic heterocycles. The number of hydrogen-bond donors (Lipinski definition) is 1. The largest absolute Gasteiger partial charge is 0.444 e. The first-order valence-electron chi connectivity index (χ1n) is 8.66. The van der Waals surface area contributed by atoms with E-state index in [1.807, 2.05) is 27.7 Å². The third-order valence-corrected chi connectivity index (χ3v) is 5.99. The van der Waals surface area contributed by atoms with Gasteiger partial charge in [-0.2, -0.15) is 4.31 Å². The summed E-state index contributed by atoms with van der Waals surface area (Å²) < 4.78 is 30.6. The first kappa shape index (κ1) is 21.2. The van der Waals surface area contributed by atoms with Crippen molar-refractivity contribution in [3.05, 3.63) is 0 Å². The minimum absolute atomic E-state index is 0.00717. The number of carbonyl (C=O) groups is 1. The van der Waals surface area contributed by atoms with Gasteiger partial charge in [0.25, 0.3) is 0 Å². The average molecular weight is 364 g/mol. The standard InChI is InChI=1S/C16H33N3O4S/c1-7-24(21,22)19-10-8-18(9-11-19)14(3)12-13(2)17-15(20)23-16(4,5)6/h13-14H,7-12H2,1-6H3,(H,17,20). The van der Waals surface area contributed by atoms with E-state index in [2.05, 4.69) is 17.1 Å². The van der Waals surface area contributed by atoms with E-state index in [1.165, 1.54) is 0 Å². The molecule has 1 saturated heterocycles. The number of sulfonamides is 1. The van der Waals surface area contributed by atoms with Crippen LogP contribution in [0, 0.1) is 0 Å². The molecule has 1 amide bonds. The molecule has 0 radical (unpaired) electrons. The maximum absolute atomic E-state index is 11.9. The molecule has 2 unspecified atom stereocenters. The van der Waals surface area contributed by atoms with E-state index < -0.39 is 21.7 Å². The molecule has 1 aliphatic rings. The van der Waals surface area contributed by atoms with Gasteiger partial charge in [0.15, 0.2) is 0 Å². The highest BCUT2D eigenvalue weighted by Crippen LogP contribution is 2.14. The average Bonchev–Trinajstić information content (AvgIpc) is 2.45. The number of hydrogen-bond acceptors (Lipinski definition) is 5. The van der Waals surface area contributed by atoms with Gasteiger partial charge in [0.2, 0.25) is 10.0 Å². The van der Waals surface area contributed by atoms with Crippen molar-refractivity contribution in [1.82, 2.24) is 14.5 Å². The highest BCUT2D eigenvalue weighted by molar-refractivity contribution is 7.89. The topological polar surface area (TPSA) is 79.0 Å². The van der Waals surface area contributed by atoms with Crippen molar-refractivity contribution in [2.45, 2.75) is 65.6 Å². The lowest BCUT2D eigenvalue weighted by molar-refractivity contribution is 0.0493. The second-order valence-corrected chi connectivity index (χ2v) is 9.73. The van der Waals surface area contributed by atoms with E-state index in [-0.39, 0.29) is 17.8 Å². The summed E-state index contributed by atoms with van der Waals surface area (Å²) >= 11 is 0. The molecule has 0 aromatic heterocycles. The summed E-state index contributed by atoms with van der Waals surface area (Å²) in [5.74, 6) is 0.152. The zero-order chi connectivity index (χ0) is 18.5. The van der Waals surface area contributed by atoms with Crippen LogP contribution in [0.5, 0.6) is 0 Å². The predicted molar refractivity (Wildman–Crippen MR) is 95.5 cm³/mol. The van der Waals surface area contributed by atoms with E-state index in [4.69, 9.17) is 4.74 Å². The molecule has 24 heavy (non-hydrogen) atoms. The van der Waals surface area contributed by atoms with E-state index in [1.54, 1.807) is 11.2 Å². The lowest BCUT2D eigenvalue weighted by Gasteiger charge is -2.38. The van der Waals surface area contributed by atoms with Gasteiger partial charge >= 0.3 is 6.09 Å². The molecule has 8 heteroatoms. The van der Waals surface area contributed by atoms with Gasteiger partial charge in [-0.3, -0.25) is 4.90 Å². The van der Waals surface area contributed by atoms with Crippen LogP contribution in [0.2, 0.25) is 0 Å². The van der Waals surface area contributed by atoms with Crippen molar-refractivity contribution in [3.8, 4) is 0 Å². The Morgan fingerprint density at radius 2 is 1.71 bits per heavy atom. The van der Waals surface area contributed by atoms with E-state index >= 15 is 0 Å². The number of amides is 1. The van der Waals surface area contributed by atoms with Crippen molar-refractivity contribution >= 4 is 16.1 Å². The predicted octanol–water partition coefficient (Wildman–Crippen LogP) is 1.65. The molecule has 2 atom stereocenters. The van der Waals surface area contributed by atoms with Crippen LogP contribution in [0.3, 0.4) is 0 Å². The van der Waals surface area contributed by atoms with E-state index in [9.17, 15) is 13.2 Å². The van der Waals surface area contributed by atoms with Crippen molar-refractivity contribution in [2.75, 3.05) is 31.9 Å². The molecule has 0 spiro atoms. The second kappa shape index (κ2) is 8.49. The summed E-state index contributed by atoms with van der Waals surface area (Å²) in [4.78, 5) is 14.1. The van der Waals surface area contributed by atoms with Gasteiger partial charge in [0.05, 0.1) is 5.75 Å². The Kier molecular flexibility index (Phi) is 7.49. The Morgan fingerprint density at radius 3 is 2.17 bits per heavy atom. The number of ether oxygens (including phenoxy) is 1. The van der Waals surface area contributed by atoms with Crippen molar-refractivity contribution < 1.29 is 17.9 Å².